The van der Waals surface area contributed by atoms with E-state index < -0.39 is 0 Å². The summed E-state index contributed by atoms with van der Waals surface area (Å²) in [6.45, 7) is 4.51. The summed E-state index contributed by atoms with van der Waals surface area (Å²) in [6, 6.07) is 11.6. The highest BCUT2D eigenvalue weighted by molar-refractivity contribution is 14.0. The van der Waals surface area contributed by atoms with Crippen molar-refractivity contribution >= 4 is 47.2 Å². The lowest BCUT2D eigenvalue weighted by molar-refractivity contribution is 0.410. The summed E-state index contributed by atoms with van der Waals surface area (Å²) in [5.74, 6) is 1.07. The fraction of sp³-hybridized carbons (Fsp3) is 0.235. The molecule has 0 saturated heterocycles. The summed E-state index contributed by atoms with van der Waals surface area (Å²) in [6.07, 6.45) is 0. The fourth-order valence-corrected chi connectivity index (χ4v) is 2.42. The van der Waals surface area contributed by atoms with E-state index in [1.807, 2.05) is 38.1 Å². The van der Waals surface area contributed by atoms with Crippen LogP contribution in [0, 0.1) is 13.8 Å². The van der Waals surface area contributed by atoms with Gasteiger partial charge >= 0.3 is 0 Å². The second-order valence-electron chi connectivity index (χ2n) is 5.16. The number of halogens is 2. The molecule has 6 heteroatoms. The number of ether oxygens (including phenoxy) is 1. The normalized spacial score (nSPS) is 10.9. The van der Waals surface area contributed by atoms with Crippen molar-refractivity contribution in [1.82, 2.24) is 0 Å². The summed E-state index contributed by atoms with van der Waals surface area (Å²) in [7, 11) is 1.61. The van der Waals surface area contributed by atoms with E-state index >= 15 is 0 Å². The van der Waals surface area contributed by atoms with Crippen molar-refractivity contribution < 1.29 is 4.74 Å². The Labute approximate surface area is 159 Å². The van der Waals surface area contributed by atoms with Crippen LogP contribution in [0.4, 0.5) is 5.69 Å². The Morgan fingerprint density at radius 1 is 1.17 bits per heavy atom. The SMILES string of the molecule is COc1cc(Cl)ccc1CN=C(N)Nc1cc(C)cc(C)c1.I. The molecule has 3 N–H and O–H groups in total. The van der Waals surface area contributed by atoms with Crippen molar-refractivity contribution in [3.63, 3.8) is 0 Å². The summed E-state index contributed by atoms with van der Waals surface area (Å²) >= 11 is 5.94. The number of benzene rings is 2. The summed E-state index contributed by atoms with van der Waals surface area (Å²) in [4.78, 5) is 4.35. The van der Waals surface area contributed by atoms with Crippen LogP contribution in [0.5, 0.6) is 5.75 Å². The first-order valence-corrected chi connectivity index (χ1v) is 7.33. The number of hydrogen-bond donors (Lipinski definition) is 2. The molecule has 0 spiro atoms. The number of hydrogen-bond acceptors (Lipinski definition) is 2. The van der Waals surface area contributed by atoms with Gasteiger partial charge in [-0.25, -0.2) is 4.99 Å². The maximum absolute atomic E-state index is 5.95. The Morgan fingerprint density at radius 2 is 1.83 bits per heavy atom. The topological polar surface area (TPSA) is 59.6 Å². The van der Waals surface area contributed by atoms with Gasteiger partial charge in [0.15, 0.2) is 5.96 Å². The Kier molecular flexibility index (Phi) is 7.64. The summed E-state index contributed by atoms with van der Waals surface area (Å²) in [5, 5.41) is 3.73. The van der Waals surface area contributed by atoms with Crippen molar-refractivity contribution in [2.75, 3.05) is 12.4 Å². The number of aryl methyl sites for hydroxylation is 2. The second kappa shape index (κ2) is 8.98. The molecule has 2 aromatic carbocycles. The monoisotopic (exact) mass is 445 g/mol. The van der Waals surface area contributed by atoms with E-state index in [0.717, 1.165) is 11.3 Å². The Morgan fingerprint density at radius 3 is 2.43 bits per heavy atom. The molecule has 0 amide bonds. The molecule has 4 nitrogen and oxygen atoms in total. The van der Waals surface area contributed by atoms with Gasteiger partial charge in [-0.3, -0.25) is 0 Å². The van der Waals surface area contributed by atoms with Crippen molar-refractivity contribution in [1.29, 1.82) is 0 Å². The van der Waals surface area contributed by atoms with Gasteiger partial charge < -0.3 is 15.8 Å². The van der Waals surface area contributed by atoms with Crippen LogP contribution in [0.3, 0.4) is 0 Å². The third-order valence-corrected chi connectivity index (χ3v) is 3.40. The lowest BCUT2D eigenvalue weighted by atomic mass is 10.1. The molecule has 0 heterocycles. The van der Waals surface area contributed by atoms with E-state index in [1.165, 1.54) is 11.1 Å². The van der Waals surface area contributed by atoms with Crippen molar-refractivity contribution in [3.8, 4) is 5.75 Å². The lowest BCUT2D eigenvalue weighted by Crippen LogP contribution is -2.22. The number of nitrogens with zero attached hydrogens (tertiary/aromatic N) is 1. The number of nitrogens with one attached hydrogen (secondary N) is 1. The lowest BCUT2D eigenvalue weighted by Gasteiger charge is -2.09. The van der Waals surface area contributed by atoms with Crippen molar-refractivity contribution in [3.05, 3.63) is 58.1 Å². The second-order valence-corrected chi connectivity index (χ2v) is 5.60. The van der Waals surface area contributed by atoms with Gasteiger partial charge in [-0.05, 0) is 49.2 Å². The zero-order valence-electron chi connectivity index (χ0n) is 13.4. The number of aliphatic imine (C=N–C) groups is 1. The molecule has 0 aromatic heterocycles. The largest absolute Gasteiger partial charge is 0.496 e. The van der Waals surface area contributed by atoms with Crippen LogP contribution in [0.2, 0.25) is 5.02 Å². The van der Waals surface area contributed by atoms with E-state index in [0.29, 0.717) is 23.3 Å². The minimum atomic E-state index is 0. The quantitative estimate of drug-likeness (QED) is 0.413. The molecular weight excluding hydrogens is 425 g/mol. The Bertz CT molecular complexity index is 684. The van der Waals surface area contributed by atoms with Gasteiger partial charge in [0.05, 0.1) is 13.7 Å². The Hall–Kier alpha value is -1.47. The molecule has 23 heavy (non-hydrogen) atoms. The number of rotatable bonds is 4. The van der Waals surface area contributed by atoms with Crippen LogP contribution in [0.1, 0.15) is 16.7 Å². The van der Waals surface area contributed by atoms with Crippen LogP contribution >= 0.6 is 35.6 Å². The maximum Gasteiger partial charge on any atom is 0.193 e. The van der Waals surface area contributed by atoms with Crippen LogP contribution in [0.25, 0.3) is 0 Å². The molecule has 0 aliphatic rings. The first-order chi connectivity index (χ1) is 10.5. The van der Waals surface area contributed by atoms with Crippen LogP contribution < -0.4 is 15.8 Å². The highest BCUT2D eigenvalue weighted by atomic mass is 127. The molecule has 0 atom stereocenters. The van der Waals surface area contributed by atoms with E-state index in [2.05, 4.69) is 16.4 Å². The van der Waals surface area contributed by atoms with Crippen molar-refractivity contribution in [2.24, 2.45) is 10.7 Å². The van der Waals surface area contributed by atoms with Crippen LogP contribution in [-0.4, -0.2) is 13.1 Å². The van der Waals surface area contributed by atoms with E-state index in [1.54, 1.807) is 13.2 Å². The molecular formula is C17H21ClIN3O. The number of anilines is 1. The van der Waals surface area contributed by atoms with Gasteiger partial charge in [-0.1, -0.05) is 23.7 Å². The molecule has 0 aliphatic heterocycles. The third-order valence-electron chi connectivity index (χ3n) is 3.16. The summed E-state index contributed by atoms with van der Waals surface area (Å²) in [5.41, 5.74) is 10.2. The minimum absolute atomic E-state index is 0. The van der Waals surface area contributed by atoms with E-state index in [4.69, 9.17) is 22.1 Å². The molecule has 0 bridgehead atoms. The Balaban J connectivity index is 0.00000264. The standard InChI is InChI=1S/C17H20ClN3O.HI/c1-11-6-12(2)8-15(7-11)21-17(19)20-10-13-4-5-14(18)9-16(13)22-3;/h4-9H,10H2,1-3H3,(H3,19,20,21);1H. The zero-order valence-corrected chi connectivity index (χ0v) is 16.5. The van der Waals surface area contributed by atoms with Crippen LogP contribution in [0.15, 0.2) is 41.4 Å². The predicted molar refractivity (Wildman–Crippen MR) is 108 cm³/mol. The predicted octanol–water partition coefficient (Wildman–Crippen LogP) is 4.51. The van der Waals surface area contributed by atoms with Crippen LogP contribution in [-0.2, 0) is 6.54 Å². The van der Waals surface area contributed by atoms with Gasteiger partial charge in [-0.2, -0.15) is 0 Å². The summed E-state index contributed by atoms with van der Waals surface area (Å²) < 4.78 is 5.29. The van der Waals surface area contributed by atoms with Gasteiger partial charge in [-0.15, -0.1) is 24.0 Å². The van der Waals surface area contributed by atoms with E-state index in [-0.39, 0.29) is 24.0 Å². The highest BCUT2D eigenvalue weighted by Gasteiger charge is 2.04. The molecule has 0 radical (unpaired) electrons. The average molecular weight is 446 g/mol. The molecule has 124 valence electrons. The highest BCUT2D eigenvalue weighted by Crippen LogP contribution is 2.23. The number of guanidine groups is 1. The molecule has 0 unspecified atom stereocenters. The molecule has 0 saturated carbocycles. The smallest absolute Gasteiger partial charge is 0.193 e. The molecule has 2 aromatic rings. The van der Waals surface area contributed by atoms with Gasteiger partial charge in [0.2, 0.25) is 0 Å². The molecule has 0 fully saturated rings. The third kappa shape index (κ3) is 5.91. The molecule has 2 rings (SSSR count). The van der Waals surface area contributed by atoms with Gasteiger partial charge in [0.1, 0.15) is 5.75 Å². The number of nitrogens with two attached hydrogens (primary N) is 1. The molecule has 0 aliphatic carbocycles. The first kappa shape index (κ1) is 19.6. The maximum atomic E-state index is 5.95. The fourth-order valence-electron chi connectivity index (χ4n) is 2.25. The zero-order chi connectivity index (χ0) is 16.1. The first-order valence-electron chi connectivity index (χ1n) is 6.95. The van der Waals surface area contributed by atoms with Gasteiger partial charge in [0.25, 0.3) is 0 Å². The van der Waals surface area contributed by atoms with Gasteiger partial charge in [0, 0.05) is 16.3 Å². The van der Waals surface area contributed by atoms with Crippen molar-refractivity contribution in [2.45, 2.75) is 20.4 Å². The van der Waals surface area contributed by atoms with E-state index in [9.17, 15) is 0 Å². The minimum Gasteiger partial charge on any atom is -0.496 e. The average Bonchev–Trinajstić information content (AvgIpc) is 2.44. The number of methoxy groups -OCH3 is 1.